The van der Waals surface area contributed by atoms with Gasteiger partial charge in [-0.15, -0.1) is 22.9 Å². The summed E-state index contributed by atoms with van der Waals surface area (Å²) in [5.74, 6) is 0.503. The summed E-state index contributed by atoms with van der Waals surface area (Å²) in [5.41, 5.74) is 0.771. The molecule has 2 aromatic rings. The van der Waals surface area contributed by atoms with Crippen molar-refractivity contribution in [1.29, 1.82) is 0 Å². The van der Waals surface area contributed by atoms with Crippen molar-refractivity contribution in [3.8, 4) is 0 Å². The quantitative estimate of drug-likeness (QED) is 0.770. The number of nitrogens with zero attached hydrogens (tertiary/aromatic N) is 1. The van der Waals surface area contributed by atoms with E-state index in [9.17, 15) is 4.79 Å². The first-order chi connectivity index (χ1) is 7.74. The molecule has 1 aromatic carbocycles. The largest absolute Gasteiger partial charge is 0.340 e. The van der Waals surface area contributed by atoms with Crippen LogP contribution in [0.1, 0.15) is 10.4 Å². The van der Waals surface area contributed by atoms with Crippen LogP contribution in [-0.2, 0) is 0 Å². The number of benzene rings is 1. The molecule has 16 heavy (non-hydrogen) atoms. The van der Waals surface area contributed by atoms with Crippen molar-refractivity contribution in [3.63, 3.8) is 0 Å². The first kappa shape index (κ1) is 11.4. The zero-order valence-electron chi connectivity index (χ0n) is 8.94. The van der Waals surface area contributed by atoms with Crippen molar-refractivity contribution in [2.45, 2.75) is 0 Å². The number of halogens is 1. The van der Waals surface area contributed by atoms with E-state index < -0.39 is 0 Å². The zero-order chi connectivity index (χ0) is 11.5. The van der Waals surface area contributed by atoms with E-state index in [4.69, 9.17) is 11.6 Å². The maximum absolute atomic E-state index is 12.1. The van der Waals surface area contributed by atoms with Gasteiger partial charge in [0.25, 0.3) is 5.91 Å². The summed E-state index contributed by atoms with van der Waals surface area (Å²) in [6, 6.07) is 7.94. The van der Waals surface area contributed by atoms with E-state index in [0.717, 1.165) is 15.6 Å². The van der Waals surface area contributed by atoms with Gasteiger partial charge in [0.1, 0.15) is 0 Å². The van der Waals surface area contributed by atoms with E-state index in [2.05, 4.69) is 0 Å². The summed E-state index contributed by atoms with van der Waals surface area (Å²) in [6.45, 7) is 0.574. The smallest absolute Gasteiger partial charge is 0.255 e. The molecular formula is C12H12ClNOS. The average molecular weight is 254 g/mol. The van der Waals surface area contributed by atoms with Gasteiger partial charge in [0.15, 0.2) is 0 Å². The molecule has 0 aliphatic carbocycles. The molecule has 0 bridgehead atoms. The summed E-state index contributed by atoms with van der Waals surface area (Å²) in [5, 5.41) is 2.94. The lowest BCUT2D eigenvalue weighted by Gasteiger charge is -2.14. The summed E-state index contributed by atoms with van der Waals surface area (Å²) >= 11 is 7.23. The van der Waals surface area contributed by atoms with Gasteiger partial charge in [-0.25, -0.2) is 0 Å². The molecule has 1 heterocycles. The van der Waals surface area contributed by atoms with Crippen molar-refractivity contribution in [2.24, 2.45) is 0 Å². The second-order valence-electron chi connectivity index (χ2n) is 3.56. The molecule has 0 radical (unpaired) electrons. The van der Waals surface area contributed by atoms with Crippen LogP contribution in [-0.4, -0.2) is 30.3 Å². The second-order valence-corrected chi connectivity index (χ2v) is 4.85. The van der Waals surface area contributed by atoms with E-state index in [1.807, 2.05) is 29.6 Å². The van der Waals surface area contributed by atoms with E-state index in [1.54, 1.807) is 23.3 Å². The van der Waals surface area contributed by atoms with Crippen LogP contribution in [0.15, 0.2) is 29.6 Å². The highest BCUT2D eigenvalue weighted by Crippen LogP contribution is 2.26. The van der Waals surface area contributed by atoms with Gasteiger partial charge >= 0.3 is 0 Å². The Morgan fingerprint density at radius 1 is 1.44 bits per heavy atom. The minimum Gasteiger partial charge on any atom is -0.340 e. The monoisotopic (exact) mass is 253 g/mol. The van der Waals surface area contributed by atoms with Crippen molar-refractivity contribution in [2.75, 3.05) is 19.5 Å². The van der Waals surface area contributed by atoms with Gasteiger partial charge in [0, 0.05) is 34.9 Å². The number of carbonyl (C=O) groups excluding carboxylic acids is 1. The van der Waals surface area contributed by atoms with Gasteiger partial charge < -0.3 is 4.90 Å². The Bertz CT molecular complexity index is 508. The zero-order valence-corrected chi connectivity index (χ0v) is 10.5. The number of thiophene rings is 1. The highest BCUT2D eigenvalue weighted by atomic mass is 35.5. The molecule has 2 nitrogen and oxygen atoms in total. The van der Waals surface area contributed by atoms with Crippen molar-refractivity contribution < 1.29 is 4.79 Å². The van der Waals surface area contributed by atoms with Gasteiger partial charge in [0.05, 0.1) is 5.56 Å². The Morgan fingerprint density at radius 3 is 2.94 bits per heavy atom. The van der Waals surface area contributed by atoms with Gasteiger partial charge in [-0.3, -0.25) is 4.79 Å². The molecule has 0 N–H and O–H groups in total. The Labute approximate surface area is 103 Å². The van der Waals surface area contributed by atoms with E-state index >= 15 is 0 Å². The first-order valence-corrected chi connectivity index (χ1v) is 6.43. The predicted molar refractivity (Wildman–Crippen MR) is 69.5 cm³/mol. The summed E-state index contributed by atoms with van der Waals surface area (Å²) in [4.78, 5) is 13.7. The fourth-order valence-corrected chi connectivity index (χ4v) is 2.77. The van der Waals surface area contributed by atoms with Gasteiger partial charge in [0.2, 0.25) is 0 Å². The lowest BCUT2D eigenvalue weighted by molar-refractivity contribution is 0.0805. The number of alkyl halides is 1. The highest BCUT2D eigenvalue weighted by Gasteiger charge is 2.15. The summed E-state index contributed by atoms with van der Waals surface area (Å²) in [6.07, 6.45) is 0. The standard InChI is InChI=1S/C12H12ClNOS/c1-14(7-6-13)12(15)10-8-16-11-5-3-2-4-9(10)11/h2-5,8H,6-7H2,1H3. The Morgan fingerprint density at radius 2 is 2.19 bits per heavy atom. The lowest BCUT2D eigenvalue weighted by atomic mass is 10.1. The Balaban J connectivity index is 2.36. The molecule has 1 aromatic heterocycles. The molecule has 0 aliphatic heterocycles. The molecular weight excluding hydrogens is 242 g/mol. The molecule has 1 amide bonds. The van der Waals surface area contributed by atoms with Crippen molar-refractivity contribution >= 4 is 38.9 Å². The van der Waals surface area contributed by atoms with E-state index in [-0.39, 0.29) is 5.91 Å². The molecule has 0 spiro atoms. The summed E-state index contributed by atoms with van der Waals surface area (Å²) in [7, 11) is 1.77. The molecule has 0 unspecified atom stereocenters. The third-order valence-electron chi connectivity index (χ3n) is 2.48. The van der Waals surface area contributed by atoms with Crippen molar-refractivity contribution in [3.05, 3.63) is 35.2 Å². The number of hydrogen-bond acceptors (Lipinski definition) is 2. The molecule has 0 aliphatic rings. The fraction of sp³-hybridized carbons (Fsp3) is 0.250. The lowest BCUT2D eigenvalue weighted by Crippen LogP contribution is -2.28. The van der Waals surface area contributed by atoms with Crippen LogP contribution in [0.25, 0.3) is 10.1 Å². The summed E-state index contributed by atoms with van der Waals surface area (Å²) < 4.78 is 1.14. The van der Waals surface area contributed by atoms with Crippen LogP contribution < -0.4 is 0 Å². The van der Waals surface area contributed by atoms with Crippen LogP contribution in [0.4, 0.5) is 0 Å². The SMILES string of the molecule is CN(CCCl)C(=O)c1csc2ccccc12. The minimum atomic E-state index is 0.0399. The van der Waals surface area contributed by atoms with Crippen LogP contribution in [0.2, 0.25) is 0 Å². The number of hydrogen-bond donors (Lipinski definition) is 0. The molecule has 0 saturated heterocycles. The van der Waals surface area contributed by atoms with Crippen molar-refractivity contribution in [1.82, 2.24) is 4.90 Å². The van der Waals surface area contributed by atoms with Gasteiger partial charge in [-0.2, -0.15) is 0 Å². The number of fused-ring (bicyclic) bond motifs is 1. The third kappa shape index (κ3) is 2.06. The molecule has 0 saturated carbocycles. The van der Waals surface area contributed by atoms with Crippen LogP contribution in [0.3, 0.4) is 0 Å². The number of rotatable bonds is 3. The Hall–Kier alpha value is -1.06. The van der Waals surface area contributed by atoms with Crippen LogP contribution in [0, 0.1) is 0 Å². The molecule has 0 atom stereocenters. The second kappa shape index (κ2) is 4.85. The first-order valence-electron chi connectivity index (χ1n) is 5.01. The fourth-order valence-electron chi connectivity index (χ4n) is 1.58. The van der Waals surface area contributed by atoms with Gasteiger partial charge in [-0.1, -0.05) is 18.2 Å². The minimum absolute atomic E-state index is 0.0399. The van der Waals surface area contributed by atoms with E-state index in [1.165, 1.54) is 0 Å². The Kier molecular flexibility index (Phi) is 3.46. The van der Waals surface area contributed by atoms with E-state index in [0.29, 0.717) is 12.4 Å². The normalized spacial score (nSPS) is 10.6. The topological polar surface area (TPSA) is 20.3 Å². The maximum atomic E-state index is 12.1. The highest BCUT2D eigenvalue weighted by molar-refractivity contribution is 7.17. The predicted octanol–water partition coefficient (Wildman–Crippen LogP) is 3.21. The molecule has 2 rings (SSSR count). The molecule has 0 fully saturated rings. The number of amides is 1. The third-order valence-corrected chi connectivity index (χ3v) is 3.61. The number of carbonyl (C=O) groups is 1. The van der Waals surface area contributed by atoms with Gasteiger partial charge in [-0.05, 0) is 6.07 Å². The average Bonchev–Trinajstić information content (AvgIpc) is 2.72. The van der Waals surface area contributed by atoms with Crippen LogP contribution >= 0.6 is 22.9 Å². The molecule has 84 valence electrons. The van der Waals surface area contributed by atoms with Crippen LogP contribution in [0.5, 0.6) is 0 Å². The maximum Gasteiger partial charge on any atom is 0.255 e. The molecule has 4 heteroatoms.